The van der Waals surface area contributed by atoms with Gasteiger partial charge in [0.25, 0.3) is 0 Å². The number of amidine groups is 1. The van der Waals surface area contributed by atoms with Gasteiger partial charge in [0.2, 0.25) is 0 Å². The summed E-state index contributed by atoms with van der Waals surface area (Å²) in [4.78, 5) is 15.8. The summed E-state index contributed by atoms with van der Waals surface area (Å²) in [7, 11) is 0. The van der Waals surface area contributed by atoms with Crippen molar-refractivity contribution >= 4 is 22.3 Å². The average molecular weight is 895 g/mol. The first kappa shape index (κ1) is 42.1. The van der Waals surface area contributed by atoms with Crippen LogP contribution in [0.2, 0.25) is 0 Å². The van der Waals surface area contributed by atoms with Crippen LogP contribution in [0, 0.1) is 0 Å². The van der Waals surface area contributed by atoms with Gasteiger partial charge in [0, 0.05) is 27.8 Å². The van der Waals surface area contributed by atoms with Gasteiger partial charge in [-0.2, -0.15) is 0 Å². The molecule has 0 fully saturated rings. The fraction of sp³-hybridized carbons (Fsp3) is 0.0152. The summed E-state index contributed by atoms with van der Waals surface area (Å²) in [5.41, 5.74) is 18.4. The van der Waals surface area contributed by atoms with E-state index >= 15 is 0 Å². The number of hydrogen-bond acceptors (Lipinski definition) is 4. The van der Waals surface area contributed by atoms with E-state index in [2.05, 4.69) is 248 Å². The fourth-order valence-corrected chi connectivity index (χ4v) is 9.50. The van der Waals surface area contributed by atoms with Crippen LogP contribution in [0.5, 0.6) is 0 Å². The zero-order valence-electron chi connectivity index (χ0n) is 38.3. The Morgan fingerprint density at radius 3 is 1.19 bits per heavy atom. The normalized spacial score (nSPS) is 13.3. The van der Waals surface area contributed by atoms with Gasteiger partial charge in [0.1, 0.15) is 5.84 Å². The van der Waals surface area contributed by atoms with Crippen molar-refractivity contribution in [2.24, 2.45) is 4.99 Å². The monoisotopic (exact) mass is 894 g/mol. The van der Waals surface area contributed by atoms with E-state index in [4.69, 9.17) is 15.0 Å². The number of nitrogens with zero attached hydrogens (tertiary/aromatic N) is 3. The van der Waals surface area contributed by atoms with Crippen molar-refractivity contribution in [3.05, 3.63) is 284 Å². The molecule has 4 nitrogen and oxygen atoms in total. The molecule has 70 heavy (non-hydrogen) atoms. The predicted molar refractivity (Wildman–Crippen MR) is 291 cm³/mol. The second-order valence-electron chi connectivity index (χ2n) is 17.6. The Labute approximate surface area is 408 Å². The predicted octanol–water partition coefficient (Wildman–Crippen LogP) is 16.4. The number of aromatic nitrogens is 2. The Morgan fingerprint density at radius 1 is 0.300 bits per heavy atom. The highest BCUT2D eigenvalue weighted by atomic mass is 15.0. The second-order valence-corrected chi connectivity index (χ2v) is 17.6. The summed E-state index contributed by atoms with van der Waals surface area (Å²) in [6.45, 7) is 0. The van der Waals surface area contributed by atoms with Gasteiger partial charge in [0.05, 0.1) is 23.1 Å². The van der Waals surface area contributed by atoms with E-state index in [-0.39, 0.29) is 6.04 Å². The van der Waals surface area contributed by atoms with Crippen molar-refractivity contribution in [2.75, 3.05) is 0 Å². The maximum atomic E-state index is 5.34. The molecule has 1 aliphatic rings. The van der Waals surface area contributed by atoms with Gasteiger partial charge in [-0.15, -0.1) is 0 Å². The minimum atomic E-state index is -0.117. The summed E-state index contributed by atoms with van der Waals surface area (Å²) in [6.07, 6.45) is 2.26. The molecule has 10 aromatic carbocycles. The number of fused-ring (bicyclic) bond motifs is 1. The SMILES string of the molecule is C1=C(c2cccc3c(-c4cc(-c5ccc(-c6ccc(-c7ccccc7)cc6)cc5)nc(-c5ccccc5)n4)cccc23)N=C(c2ccccc2)NC1c1ccc(-c2ccc(-c3ccccc3)cc2)cc1. The maximum absolute atomic E-state index is 5.34. The van der Waals surface area contributed by atoms with Crippen LogP contribution in [0.25, 0.3) is 94.9 Å². The molecular formula is C66H46N4. The van der Waals surface area contributed by atoms with Crippen LogP contribution in [0.15, 0.2) is 272 Å². The minimum Gasteiger partial charge on any atom is -0.359 e. The number of benzene rings is 10. The molecule has 11 aromatic rings. The molecule has 1 atom stereocenters. The molecule has 0 radical (unpaired) electrons. The molecule has 1 aromatic heterocycles. The zero-order chi connectivity index (χ0) is 46.6. The maximum Gasteiger partial charge on any atom is 0.160 e. The Kier molecular flexibility index (Phi) is 11.3. The molecule has 1 unspecified atom stereocenters. The van der Waals surface area contributed by atoms with Crippen LogP contribution in [-0.4, -0.2) is 15.8 Å². The highest BCUT2D eigenvalue weighted by Crippen LogP contribution is 2.38. The number of rotatable bonds is 10. The number of aliphatic imine (C=N–C) groups is 1. The van der Waals surface area contributed by atoms with E-state index in [1.165, 1.54) is 38.9 Å². The van der Waals surface area contributed by atoms with Gasteiger partial charge < -0.3 is 5.32 Å². The van der Waals surface area contributed by atoms with Crippen LogP contribution in [-0.2, 0) is 0 Å². The zero-order valence-corrected chi connectivity index (χ0v) is 38.3. The lowest BCUT2D eigenvalue weighted by atomic mass is 9.93. The third-order valence-corrected chi connectivity index (χ3v) is 13.2. The van der Waals surface area contributed by atoms with E-state index < -0.39 is 0 Å². The highest BCUT2D eigenvalue weighted by Gasteiger charge is 2.22. The van der Waals surface area contributed by atoms with Gasteiger partial charge in [-0.25, -0.2) is 15.0 Å². The molecule has 0 bridgehead atoms. The Bertz CT molecular complexity index is 3660. The first-order valence-electron chi connectivity index (χ1n) is 23.8. The lowest BCUT2D eigenvalue weighted by molar-refractivity contribution is 0.781. The molecule has 1 N–H and O–H groups in total. The highest BCUT2D eigenvalue weighted by molar-refractivity contribution is 6.07. The number of nitrogens with one attached hydrogen (secondary N) is 1. The quantitative estimate of drug-likeness (QED) is 0.149. The van der Waals surface area contributed by atoms with Crippen molar-refractivity contribution in [3.63, 3.8) is 0 Å². The summed E-state index contributed by atoms with van der Waals surface area (Å²) in [5.74, 6) is 1.51. The Morgan fingerprint density at radius 2 is 0.686 bits per heavy atom. The van der Waals surface area contributed by atoms with E-state index in [1.807, 2.05) is 24.3 Å². The fourth-order valence-electron chi connectivity index (χ4n) is 9.50. The first-order chi connectivity index (χ1) is 34.7. The molecular weight excluding hydrogens is 849 g/mol. The van der Waals surface area contributed by atoms with E-state index in [9.17, 15) is 0 Å². The summed E-state index contributed by atoms with van der Waals surface area (Å²) < 4.78 is 0. The summed E-state index contributed by atoms with van der Waals surface area (Å²) >= 11 is 0. The third-order valence-electron chi connectivity index (χ3n) is 13.2. The van der Waals surface area contributed by atoms with Crippen LogP contribution in [0.3, 0.4) is 0 Å². The molecule has 0 amide bonds. The molecule has 0 saturated carbocycles. The molecule has 4 heteroatoms. The van der Waals surface area contributed by atoms with Gasteiger partial charge in [-0.1, -0.05) is 255 Å². The van der Waals surface area contributed by atoms with Gasteiger partial charge in [0.15, 0.2) is 5.82 Å². The molecule has 12 rings (SSSR count). The second kappa shape index (κ2) is 18.8. The van der Waals surface area contributed by atoms with Crippen molar-refractivity contribution in [1.29, 1.82) is 0 Å². The lowest BCUT2D eigenvalue weighted by Gasteiger charge is -2.25. The average Bonchev–Trinajstić information content (AvgIpc) is 3.45. The van der Waals surface area contributed by atoms with Crippen LogP contribution in [0.4, 0.5) is 0 Å². The Hall–Kier alpha value is -9.25. The summed E-state index contributed by atoms with van der Waals surface area (Å²) in [5, 5.41) is 5.97. The van der Waals surface area contributed by atoms with Gasteiger partial charge >= 0.3 is 0 Å². The van der Waals surface area contributed by atoms with Crippen LogP contribution in [0.1, 0.15) is 22.7 Å². The topological polar surface area (TPSA) is 50.2 Å². The largest absolute Gasteiger partial charge is 0.359 e. The van der Waals surface area contributed by atoms with Crippen molar-refractivity contribution in [1.82, 2.24) is 15.3 Å². The van der Waals surface area contributed by atoms with Gasteiger partial charge in [-0.3, -0.25) is 0 Å². The van der Waals surface area contributed by atoms with Crippen LogP contribution >= 0.6 is 0 Å². The smallest absolute Gasteiger partial charge is 0.160 e. The molecule has 330 valence electrons. The molecule has 2 heterocycles. The standard InChI is InChI=1S/C66H46N4/c1-5-15-45(16-6-1)47-27-31-49(32-28-47)51-35-39-53(40-36-51)61-43-63(69-65(67-61)55-19-9-3-10-20-55)59-25-13-24-58-57(59)23-14-26-60(58)64-44-62(68-66(70-64)56-21-11-4-12-22-56)54-41-37-52(38-42-54)50-33-29-48(30-34-50)46-17-7-2-8-18-46/h1-44,61H,(H,67,69). The number of hydrogen-bond donors (Lipinski definition) is 1. The molecule has 0 spiro atoms. The van der Waals surface area contributed by atoms with Crippen molar-refractivity contribution < 1.29 is 0 Å². The first-order valence-corrected chi connectivity index (χ1v) is 23.8. The Balaban J connectivity index is 0.897. The minimum absolute atomic E-state index is 0.117. The molecule has 1 aliphatic heterocycles. The van der Waals surface area contributed by atoms with Crippen molar-refractivity contribution in [2.45, 2.75) is 6.04 Å². The van der Waals surface area contributed by atoms with Gasteiger partial charge in [-0.05, 0) is 73.0 Å². The van der Waals surface area contributed by atoms with E-state index in [0.717, 1.165) is 72.6 Å². The van der Waals surface area contributed by atoms with Crippen molar-refractivity contribution in [3.8, 4) is 78.4 Å². The van der Waals surface area contributed by atoms with E-state index in [0.29, 0.717) is 5.82 Å². The molecule has 0 saturated heterocycles. The van der Waals surface area contributed by atoms with Crippen LogP contribution < -0.4 is 5.32 Å². The third kappa shape index (κ3) is 8.62. The summed E-state index contributed by atoms with van der Waals surface area (Å²) in [6, 6.07) is 91.9. The molecule has 0 aliphatic carbocycles. The van der Waals surface area contributed by atoms with E-state index in [1.54, 1.807) is 0 Å². The lowest BCUT2D eigenvalue weighted by Crippen LogP contribution is -2.31.